The van der Waals surface area contributed by atoms with E-state index >= 15 is 4.39 Å². The number of benzene rings is 2. The SMILES string of the molecule is CC(N)C1(O)CN(C(=O)c2cc3c(ncn3C)c(F)c2Nc2ccc(Br)cc2Cl)C1. The summed E-state index contributed by atoms with van der Waals surface area (Å²) in [5, 5.41) is 13.7. The highest BCUT2D eigenvalue weighted by Crippen LogP contribution is 2.36. The highest BCUT2D eigenvalue weighted by atomic mass is 79.9. The van der Waals surface area contributed by atoms with Gasteiger partial charge in [0.15, 0.2) is 5.82 Å². The van der Waals surface area contributed by atoms with Gasteiger partial charge in [-0.05, 0) is 31.2 Å². The van der Waals surface area contributed by atoms with E-state index in [0.29, 0.717) is 16.2 Å². The Balaban J connectivity index is 1.78. The van der Waals surface area contributed by atoms with Crippen molar-refractivity contribution in [3.8, 4) is 0 Å². The average molecular weight is 497 g/mol. The first kappa shape index (κ1) is 21.0. The van der Waals surface area contributed by atoms with Crippen molar-refractivity contribution >= 4 is 55.8 Å². The molecule has 0 spiro atoms. The molecule has 0 saturated carbocycles. The molecule has 4 rings (SSSR count). The first-order valence-electron chi connectivity index (χ1n) is 9.23. The molecule has 2 aromatic carbocycles. The zero-order valence-corrected chi connectivity index (χ0v) is 18.6. The number of fused-ring (bicyclic) bond motifs is 1. The summed E-state index contributed by atoms with van der Waals surface area (Å²) in [4.78, 5) is 18.8. The van der Waals surface area contributed by atoms with E-state index in [2.05, 4.69) is 26.2 Å². The molecule has 1 aliphatic rings. The molecule has 1 saturated heterocycles. The number of nitrogens with zero attached hydrogens (tertiary/aromatic N) is 3. The summed E-state index contributed by atoms with van der Waals surface area (Å²) in [7, 11) is 1.72. The van der Waals surface area contributed by atoms with Crippen LogP contribution in [0.5, 0.6) is 0 Å². The van der Waals surface area contributed by atoms with Crippen molar-refractivity contribution in [2.75, 3.05) is 18.4 Å². The van der Waals surface area contributed by atoms with Crippen LogP contribution in [0.1, 0.15) is 17.3 Å². The number of halogens is 3. The predicted molar refractivity (Wildman–Crippen MR) is 118 cm³/mol. The van der Waals surface area contributed by atoms with Gasteiger partial charge in [-0.25, -0.2) is 9.37 Å². The number of imidazole rings is 1. The minimum Gasteiger partial charge on any atom is -0.385 e. The molecule has 0 radical (unpaired) electrons. The minimum absolute atomic E-state index is 0.0216. The Bertz CT molecular complexity index is 1160. The molecule has 30 heavy (non-hydrogen) atoms. The van der Waals surface area contributed by atoms with Gasteiger partial charge in [-0.1, -0.05) is 27.5 Å². The number of β-amino-alcohol motifs (C(OH)–C–C–N with tert-alkyl or cyclic N) is 1. The van der Waals surface area contributed by atoms with Crippen LogP contribution in [0.15, 0.2) is 35.1 Å². The summed E-state index contributed by atoms with van der Waals surface area (Å²) < 4.78 is 17.8. The van der Waals surface area contributed by atoms with Gasteiger partial charge in [-0.15, -0.1) is 0 Å². The molecule has 1 unspecified atom stereocenters. The third-order valence-corrected chi connectivity index (χ3v) is 6.25. The number of hydrogen-bond acceptors (Lipinski definition) is 5. The molecule has 3 aromatic rings. The van der Waals surface area contributed by atoms with Crippen molar-refractivity contribution in [3.63, 3.8) is 0 Å². The van der Waals surface area contributed by atoms with E-state index in [1.165, 1.54) is 11.2 Å². The van der Waals surface area contributed by atoms with Crippen LogP contribution < -0.4 is 11.1 Å². The molecule has 4 N–H and O–H groups in total. The van der Waals surface area contributed by atoms with Crippen molar-refractivity contribution in [3.05, 3.63) is 51.5 Å². The number of hydrogen-bond donors (Lipinski definition) is 3. The normalized spacial score (nSPS) is 16.4. The van der Waals surface area contributed by atoms with Gasteiger partial charge in [-0.2, -0.15) is 0 Å². The lowest BCUT2D eigenvalue weighted by molar-refractivity contribution is -0.0931. The summed E-state index contributed by atoms with van der Waals surface area (Å²) in [6, 6.07) is 6.20. The number of likely N-dealkylation sites (tertiary alicyclic amines) is 1. The Kier molecular flexibility index (Phi) is 5.26. The summed E-state index contributed by atoms with van der Waals surface area (Å²) in [6.07, 6.45) is 1.48. The molecule has 7 nitrogen and oxygen atoms in total. The smallest absolute Gasteiger partial charge is 0.256 e. The van der Waals surface area contributed by atoms with Crippen LogP contribution in [0.3, 0.4) is 0 Å². The largest absolute Gasteiger partial charge is 0.385 e. The Hall–Kier alpha value is -2.20. The Morgan fingerprint density at radius 3 is 2.77 bits per heavy atom. The molecule has 1 aromatic heterocycles. The molecule has 0 aliphatic carbocycles. The second kappa shape index (κ2) is 7.49. The molecule has 1 fully saturated rings. The van der Waals surface area contributed by atoms with E-state index in [1.807, 2.05) is 0 Å². The fourth-order valence-electron chi connectivity index (χ4n) is 3.46. The molecular weight excluding hydrogens is 477 g/mol. The van der Waals surface area contributed by atoms with Crippen LogP contribution in [0.25, 0.3) is 11.0 Å². The Labute approximate surface area is 185 Å². The highest BCUT2D eigenvalue weighted by Gasteiger charge is 2.47. The molecule has 0 bridgehead atoms. The van der Waals surface area contributed by atoms with Gasteiger partial charge in [-0.3, -0.25) is 4.79 Å². The zero-order chi connectivity index (χ0) is 21.8. The van der Waals surface area contributed by atoms with E-state index in [1.54, 1.807) is 42.8 Å². The first-order valence-corrected chi connectivity index (χ1v) is 10.4. The maximum absolute atomic E-state index is 15.4. The maximum Gasteiger partial charge on any atom is 0.256 e. The molecule has 1 atom stereocenters. The van der Waals surface area contributed by atoms with Crippen molar-refractivity contribution in [1.82, 2.24) is 14.5 Å². The van der Waals surface area contributed by atoms with Crippen LogP contribution in [0.4, 0.5) is 15.8 Å². The van der Waals surface area contributed by atoms with Crippen LogP contribution in [0.2, 0.25) is 5.02 Å². The van der Waals surface area contributed by atoms with E-state index in [9.17, 15) is 9.90 Å². The van der Waals surface area contributed by atoms with Crippen LogP contribution >= 0.6 is 27.5 Å². The first-order chi connectivity index (χ1) is 14.1. The second-order valence-corrected chi connectivity index (χ2v) is 8.96. The lowest BCUT2D eigenvalue weighted by Gasteiger charge is -2.48. The van der Waals surface area contributed by atoms with Crippen LogP contribution in [0, 0.1) is 5.82 Å². The van der Waals surface area contributed by atoms with Gasteiger partial charge in [0.05, 0.1) is 46.9 Å². The monoisotopic (exact) mass is 495 g/mol. The lowest BCUT2D eigenvalue weighted by atomic mass is 9.87. The highest BCUT2D eigenvalue weighted by molar-refractivity contribution is 9.10. The van der Waals surface area contributed by atoms with Crippen molar-refractivity contribution in [1.29, 1.82) is 0 Å². The van der Waals surface area contributed by atoms with Gasteiger partial charge in [0.25, 0.3) is 5.91 Å². The second-order valence-electron chi connectivity index (χ2n) is 7.64. The number of amides is 1. The number of aryl methyl sites for hydroxylation is 1. The summed E-state index contributed by atoms with van der Waals surface area (Å²) >= 11 is 9.62. The standard InChI is InChI=1S/C20H20BrClFN5O2/c1-10(24)20(30)7-28(8-20)19(29)12-6-15-18(25-9-27(15)2)16(23)17(12)26-14-4-3-11(21)5-13(14)22/h3-6,9-10,26,30H,7-8,24H2,1-2H3. The van der Waals surface area contributed by atoms with Crippen molar-refractivity contribution in [2.45, 2.75) is 18.6 Å². The fourth-order valence-corrected chi connectivity index (χ4v) is 4.18. The number of nitrogens with two attached hydrogens (primary N) is 1. The number of nitrogens with one attached hydrogen (secondary N) is 1. The topological polar surface area (TPSA) is 96.4 Å². The summed E-state index contributed by atoms with van der Waals surface area (Å²) in [5.41, 5.74) is 5.82. The number of rotatable bonds is 4. The Morgan fingerprint density at radius 2 is 2.13 bits per heavy atom. The van der Waals surface area contributed by atoms with Crippen LogP contribution in [-0.2, 0) is 7.05 Å². The number of aliphatic hydroxyl groups is 1. The summed E-state index contributed by atoms with van der Waals surface area (Å²) in [6.45, 7) is 1.84. The van der Waals surface area contributed by atoms with Gasteiger partial charge < -0.3 is 25.6 Å². The summed E-state index contributed by atoms with van der Waals surface area (Å²) in [5.74, 6) is -1.07. The Morgan fingerprint density at radius 1 is 1.43 bits per heavy atom. The van der Waals surface area contributed by atoms with E-state index in [4.69, 9.17) is 17.3 Å². The van der Waals surface area contributed by atoms with Crippen LogP contribution in [-0.4, -0.2) is 50.2 Å². The quantitative estimate of drug-likeness (QED) is 0.514. The molecular formula is C20H20BrClFN5O2. The molecule has 158 valence electrons. The van der Waals surface area contributed by atoms with Gasteiger partial charge >= 0.3 is 0 Å². The maximum atomic E-state index is 15.4. The molecule has 1 amide bonds. The number of aromatic nitrogens is 2. The predicted octanol–water partition coefficient (Wildman–Crippen LogP) is 3.41. The third-order valence-electron chi connectivity index (χ3n) is 5.45. The van der Waals surface area contributed by atoms with Gasteiger partial charge in [0.1, 0.15) is 11.1 Å². The number of anilines is 2. The van der Waals surface area contributed by atoms with E-state index in [0.717, 1.165) is 4.47 Å². The minimum atomic E-state index is -1.15. The van der Waals surface area contributed by atoms with Crippen molar-refractivity contribution < 1.29 is 14.3 Å². The van der Waals surface area contributed by atoms with E-state index in [-0.39, 0.29) is 29.9 Å². The molecule has 10 heteroatoms. The van der Waals surface area contributed by atoms with E-state index < -0.39 is 23.4 Å². The third kappa shape index (κ3) is 3.45. The van der Waals surface area contributed by atoms with Crippen molar-refractivity contribution in [2.24, 2.45) is 12.8 Å². The number of carbonyl (C=O) groups is 1. The van der Waals surface area contributed by atoms with Gasteiger partial charge in [0.2, 0.25) is 0 Å². The zero-order valence-electron chi connectivity index (χ0n) is 16.3. The molecule has 2 heterocycles. The average Bonchev–Trinajstić information content (AvgIpc) is 3.03. The number of carbonyl (C=O) groups excluding carboxylic acids is 1. The fraction of sp³-hybridized carbons (Fsp3) is 0.300. The molecule has 1 aliphatic heterocycles. The lowest BCUT2D eigenvalue weighted by Crippen LogP contribution is -2.70. The van der Waals surface area contributed by atoms with Gasteiger partial charge in [0, 0.05) is 17.6 Å².